The minimum Gasteiger partial charge on any atom is -1.00 e. The third kappa shape index (κ3) is 5.57. The van der Waals surface area contributed by atoms with Gasteiger partial charge >= 0.3 is 66.9 Å². The van der Waals surface area contributed by atoms with Crippen molar-refractivity contribution in [2.24, 2.45) is 0 Å². The fourth-order valence-electron chi connectivity index (χ4n) is 2.03. The maximum atomic E-state index is 12.1. The van der Waals surface area contributed by atoms with Crippen LogP contribution in [0.1, 0.15) is 2.85 Å². The van der Waals surface area contributed by atoms with E-state index in [1.54, 1.807) is 18.2 Å². The Labute approximate surface area is 189 Å². The molecule has 8 nitrogen and oxygen atoms in total. The molecule has 0 bridgehead atoms. The number of nitro groups is 1. The van der Waals surface area contributed by atoms with Gasteiger partial charge in [-0.3, -0.25) is 15.0 Å². The number of H-pyrrole nitrogens is 1. The van der Waals surface area contributed by atoms with E-state index in [1.807, 2.05) is 6.07 Å². The number of nitrogens with zero attached hydrogens (tertiary/aromatic N) is 1. The Kier molecular flexibility index (Phi) is 8.18. The van der Waals surface area contributed by atoms with Gasteiger partial charge in [0.2, 0.25) is 0 Å². The zero-order valence-corrected chi connectivity index (χ0v) is 18.5. The van der Waals surface area contributed by atoms with Crippen LogP contribution in [0.2, 0.25) is 0 Å². The average molecular weight is 382 g/mol. The number of nitro benzene ring substituents is 1. The number of para-hydroxylation sites is 1. The van der Waals surface area contributed by atoms with Gasteiger partial charge < -0.3 is 16.9 Å². The summed E-state index contributed by atoms with van der Waals surface area (Å²) < 4.78 is 22.0. The van der Waals surface area contributed by atoms with Crippen molar-refractivity contribution in [1.29, 1.82) is 0 Å². The molecule has 0 amide bonds. The van der Waals surface area contributed by atoms with E-state index < -0.39 is 12.7 Å². The van der Waals surface area contributed by atoms with Gasteiger partial charge in [-0.15, -0.1) is 0 Å². The fraction of sp³-hybridized carbons (Fsp3) is 0. The number of non-ortho nitro benzene ring substituents is 1. The van der Waals surface area contributed by atoms with Crippen molar-refractivity contribution in [2.45, 2.75) is 0 Å². The summed E-state index contributed by atoms with van der Waals surface area (Å²) in [4.78, 5) is 22.7. The molecule has 3 aromatic rings. The number of hydrogen-bond acceptors (Lipinski definition) is 5. The Hall–Kier alpha value is -0.830. The minimum absolute atomic E-state index is 0. The van der Waals surface area contributed by atoms with E-state index in [2.05, 4.69) is 4.98 Å². The summed E-state index contributed by atoms with van der Waals surface area (Å²) in [7, 11) is -4.44. The topological polar surface area (TPSA) is 115 Å². The summed E-state index contributed by atoms with van der Waals surface area (Å²) in [5.74, 6) is 0.162. The number of aromatic amines is 1. The molecule has 0 aliphatic heterocycles. The summed E-state index contributed by atoms with van der Waals surface area (Å²) >= 11 is 0. The average Bonchev–Trinajstić information content (AvgIpc) is 2.90. The van der Waals surface area contributed by atoms with E-state index in [0.717, 1.165) is 5.52 Å². The van der Waals surface area contributed by atoms with Gasteiger partial charge in [-0.1, -0.05) is 12.1 Å². The number of nitrogens with one attached hydrogen (secondary N) is 1. The van der Waals surface area contributed by atoms with Crippen LogP contribution in [-0.4, -0.2) is 14.8 Å². The SMILES string of the molecule is O=[N+]([O-])c1ccc(OP(=O)(O)Oc2c[nH]c3ccccc23)cc1.[H-].[H-].[Na+].[Na+]. The Morgan fingerprint density at radius 2 is 1.72 bits per heavy atom. The van der Waals surface area contributed by atoms with Crippen LogP contribution in [0.4, 0.5) is 5.69 Å². The van der Waals surface area contributed by atoms with Crippen LogP contribution in [0.25, 0.3) is 10.9 Å². The van der Waals surface area contributed by atoms with Crippen LogP contribution < -0.4 is 68.2 Å². The predicted octanol–water partition coefficient (Wildman–Crippen LogP) is -2.13. The van der Waals surface area contributed by atoms with Crippen molar-refractivity contribution in [3.05, 3.63) is 64.8 Å². The second kappa shape index (κ2) is 9.21. The smallest absolute Gasteiger partial charge is 1.00 e. The van der Waals surface area contributed by atoms with Gasteiger partial charge in [0.1, 0.15) is 5.75 Å². The van der Waals surface area contributed by atoms with Crippen LogP contribution >= 0.6 is 7.82 Å². The van der Waals surface area contributed by atoms with Crippen molar-refractivity contribution in [1.82, 2.24) is 4.98 Å². The maximum absolute atomic E-state index is 12.1. The quantitative estimate of drug-likeness (QED) is 0.226. The fourth-order valence-corrected chi connectivity index (χ4v) is 2.85. The second-order valence-electron chi connectivity index (χ2n) is 4.60. The molecular weight excluding hydrogens is 369 g/mol. The minimum atomic E-state index is -4.44. The van der Waals surface area contributed by atoms with Crippen LogP contribution in [0, 0.1) is 10.1 Å². The Morgan fingerprint density at radius 3 is 2.36 bits per heavy atom. The first kappa shape index (κ1) is 22.2. The largest absolute Gasteiger partial charge is 1.00 e. The zero-order valence-electron chi connectivity index (χ0n) is 15.6. The molecule has 0 aliphatic rings. The number of aromatic nitrogens is 1. The van der Waals surface area contributed by atoms with Crippen LogP contribution in [0.5, 0.6) is 11.5 Å². The first-order valence-electron chi connectivity index (χ1n) is 6.47. The summed E-state index contributed by atoms with van der Waals surface area (Å²) in [6.45, 7) is 0. The van der Waals surface area contributed by atoms with Crippen molar-refractivity contribution in [3.63, 3.8) is 0 Å². The molecule has 1 unspecified atom stereocenters. The monoisotopic (exact) mass is 382 g/mol. The molecule has 0 saturated carbocycles. The van der Waals surface area contributed by atoms with Crippen LogP contribution in [0.3, 0.4) is 0 Å². The first-order valence-corrected chi connectivity index (χ1v) is 7.97. The van der Waals surface area contributed by atoms with E-state index in [0.29, 0.717) is 5.39 Å². The Morgan fingerprint density at radius 1 is 1.08 bits per heavy atom. The van der Waals surface area contributed by atoms with Crippen molar-refractivity contribution in [2.75, 3.05) is 0 Å². The van der Waals surface area contributed by atoms with Gasteiger partial charge in [-0.05, 0) is 24.3 Å². The van der Waals surface area contributed by atoms with Gasteiger partial charge in [0, 0.05) is 29.2 Å². The van der Waals surface area contributed by atoms with E-state index in [-0.39, 0.29) is 79.2 Å². The molecule has 0 fully saturated rings. The summed E-state index contributed by atoms with van der Waals surface area (Å²) in [5.41, 5.74) is 0.598. The van der Waals surface area contributed by atoms with Crippen molar-refractivity contribution >= 4 is 24.4 Å². The molecule has 1 atom stereocenters. The molecule has 0 saturated heterocycles. The maximum Gasteiger partial charge on any atom is 1.00 e. The van der Waals surface area contributed by atoms with Crippen LogP contribution in [-0.2, 0) is 4.57 Å². The van der Waals surface area contributed by atoms with Gasteiger partial charge in [0.05, 0.1) is 4.92 Å². The molecule has 0 radical (unpaired) electrons. The van der Waals surface area contributed by atoms with Crippen molar-refractivity contribution in [3.8, 4) is 11.5 Å². The Bertz CT molecular complexity index is 925. The summed E-state index contributed by atoms with van der Waals surface area (Å²) in [6.07, 6.45) is 1.45. The standard InChI is InChI=1S/C14H11N2O6P.2Na.2H/c17-16(18)10-5-7-11(8-6-10)21-23(19,20)22-14-9-15-13-4-2-1-3-12(13)14;;;;/h1-9,15H,(H,19,20);;;;/q;2*+1;2*-1. The summed E-state index contributed by atoms with van der Waals surface area (Å²) in [5, 5.41) is 11.2. The summed E-state index contributed by atoms with van der Waals surface area (Å²) in [6, 6.07) is 11.9. The van der Waals surface area contributed by atoms with Crippen LogP contribution in [0.15, 0.2) is 54.7 Å². The van der Waals surface area contributed by atoms with Gasteiger partial charge in [0.15, 0.2) is 5.75 Å². The number of benzene rings is 2. The Balaban J connectivity index is 0. The number of phosphoric acid groups is 1. The van der Waals surface area contributed by atoms with E-state index in [9.17, 15) is 19.6 Å². The molecule has 11 heteroatoms. The number of rotatable bonds is 5. The third-order valence-electron chi connectivity index (χ3n) is 3.03. The van der Waals surface area contributed by atoms with Gasteiger partial charge in [-0.25, -0.2) is 4.57 Å². The van der Waals surface area contributed by atoms with E-state index in [1.165, 1.54) is 30.5 Å². The molecule has 25 heavy (non-hydrogen) atoms. The van der Waals surface area contributed by atoms with Crippen molar-refractivity contribution < 1.29 is 85.4 Å². The third-order valence-corrected chi connectivity index (χ3v) is 3.90. The second-order valence-corrected chi connectivity index (χ2v) is 5.90. The molecule has 2 N–H and O–H groups in total. The zero-order chi connectivity index (χ0) is 16.4. The number of phosphoric ester groups is 1. The molecule has 0 aliphatic carbocycles. The molecule has 1 aromatic heterocycles. The van der Waals surface area contributed by atoms with Gasteiger partial charge in [0.25, 0.3) is 5.69 Å². The van der Waals surface area contributed by atoms with E-state index in [4.69, 9.17) is 9.05 Å². The van der Waals surface area contributed by atoms with Gasteiger partial charge in [-0.2, -0.15) is 0 Å². The number of fused-ring (bicyclic) bond motifs is 1. The molecular formula is C14H13N2Na2O6P. The van der Waals surface area contributed by atoms with E-state index >= 15 is 0 Å². The number of hydrogen-bond donors (Lipinski definition) is 2. The molecule has 122 valence electrons. The normalized spacial score (nSPS) is 12.4. The first-order chi connectivity index (χ1) is 10.9. The molecule has 2 aromatic carbocycles. The molecule has 0 spiro atoms. The predicted molar refractivity (Wildman–Crippen MR) is 84.7 cm³/mol. The molecule has 1 heterocycles. The molecule has 3 rings (SSSR count).